The Kier molecular flexibility index (Phi) is 4.01. The second-order valence-corrected chi connectivity index (χ2v) is 4.38. The topological polar surface area (TPSA) is 90.9 Å². The molecule has 3 N–H and O–H groups in total. The van der Waals surface area contributed by atoms with Crippen LogP contribution in [0.5, 0.6) is 5.75 Å². The van der Waals surface area contributed by atoms with Crippen LogP contribution in [0.25, 0.3) is 0 Å². The van der Waals surface area contributed by atoms with Crippen LogP contribution in [-0.4, -0.2) is 26.2 Å². The molecule has 0 saturated carbocycles. The van der Waals surface area contributed by atoms with Gasteiger partial charge in [0, 0.05) is 12.1 Å². The van der Waals surface area contributed by atoms with Crippen molar-refractivity contribution in [2.45, 2.75) is 19.8 Å². The summed E-state index contributed by atoms with van der Waals surface area (Å²) in [5.74, 6) is 0.284. The zero-order chi connectivity index (χ0) is 13.8. The van der Waals surface area contributed by atoms with Gasteiger partial charge in [0.2, 0.25) is 5.82 Å². The van der Waals surface area contributed by atoms with Gasteiger partial charge in [0.25, 0.3) is 5.91 Å². The first-order chi connectivity index (χ1) is 9.10. The molecule has 1 aromatic heterocycles. The molecule has 1 heterocycles. The predicted octanol–water partition coefficient (Wildman–Crippen LogP) is 2.37. The summed E-state index contributed by atoms with van der Waals surface area (Å²) in [4.78, 5) is 15.9. The molecular formula is C12H13ClN4O2. The van der Waals surface area contributed by atoms with Crippen molar-refractivity contribution in [2.75, 3.05) is 5.32 Å². The molecule has 0 radical (unpaired) electrons. The van der Waals surface area contributed by atoms with Crippen LogP contribution in [0.3, 0.4) is 0 Å². The maximum Gasteiger partial charge on any atom is 0.295 e. The fourth-order valence-corrected chi connectivity index (χ4v) is 1.70. The van der Waals surface area contributed by atoms with Gasteiger partial charge >= 0.3 is 0 Å². The van der Waals surface area contributed by atoms with Crippen LogP contribution in [-0.2, 0) is 6.42 Å². The van der Waals surface area contributed by atoms with E-state index >= 15 is 0 Å². The number of phenols is 1. The predicted molar refractivity (Wildman–Crippen MR) is 71.4 cm³/mol. The number of aryl methyl sites for hydroxylation is 1. The SMILES string of the molecule is CCCc1nc(C(=O)Nc2ccc(O)c(Cl)c2)n[nH]1. The normalized spacial score (nSPS) is 10.4. The molecule has 0 bridgehead atoms. The lowest BCUT2D eigenvalue weighted by Crippen LogP contribution is -2.13. The summed E-state index contributed by atoms with van der Waals surface area (Å²) in [6.07, 6.45) is 1.66. The Labute approximate surface area is 114 Å². The molecule has 0 unspecified atom stereocenters. The molecule has 1 aromatic carbocycles. The highest BCUT2D eigenvalue weighted by atomic mass is 35.5. The largest absolute Gasteiger partial charge is 0.506 e. The van der Waals surface area contributed by atoms with E-state index in [1.807, 2.05) is 6.92 Å². The standard InChI is InChI=1S/C12H13ClN4O2/c1-2-3-10-15-11(17-16-10)12(19)14-7-4-5-9(18)8(13)6-7/h4-6,18H,2-3H2,1H3,(H,14,19)(H,15,16,17). The van der Waals surface area contributed by atoms with Gasteiger partial charge in [0.05, 0.1) is 5.02 Å². The van der Waals surface area contributed by atoms with Gasteiger partial charge in [0.1, 0.15) is 11.6 Å². The van der Waals surface area contributed by atoms with Gasteiger partial charge in [-0.2, -0.15) is 0 Å². The Balaban J connectivity index is 2.09. The van der Waals surface area contributed by atoms with Crippen molar-refractivity contribution in [1.29, 1.82) is 0 Å². The van der Waals surface area contributed by atoms with Gasteiger partial charge < -0.3 is 10.4 Å². The van der Waals surface area contributed by atoms with E-state index in [4.69, 9.17) is 11.6 Å². The quantitative estimate of drug-likeness (QED) is 0.750. The fourth-order valence-electron chi connectivity index (χ4n) is 1.52. The smallest absolute Gasteiger partial charge is 0.295 e. The molecular weight excluding hydrogens is 268 g/mol. The number of rotatable bonds is 4. The monoisotopic (exact) mass is 280 g/mol. The summed E-state index contributed by atoms with van der Waals surface area (Å²) in [6.45, 7) is 2.01. The number of aromatic nitrogens is 3. The summed E-state index contributed by atoms with van der Waals surface area (Å²) in [7, 11) is 0. The number of carbonyl (C=O) groups excluding carboxylic acids is 1. The first-order valence-electron chi connectivity index (χ1n) is 5.81. The summed E-state index contributed by atoms with van der Waals surface area (Å²) >= 11 is 5.75. The lowest BCUT2D eigenvalue weighted by molar-refractivity contribution is 0.101. The van der Waals surface area contributed by atoms with E-state index in [1.165, 1.54) is 12.1 Å². The van der Waals surface area contributed by atoms with Crippen LogP contribution >= 0.6 is 11.6 Å². The number of aromatic amines is 1. The molecule has 7 heteroatoms. The number of anilines is 1. The van der Waals surface area contributed by atoms with E-state index < -0.39 is 5.91 Å². The number of H-pyrrole nitrogens is 1. The lowest BCUT2D eigenvalue weighted by atomic mass is 10.3. The second-order valence-electron chi connectivity index (χ2n) is 3.98. The van der Waals surface area contributed by atoms with Gasteiger partial charge in [-0.15, -0.1) is 5.10 Å². The van der Waals surface area contributed by atoms with E-state index in [0.717, 1.165) is 12.8 Å². The maximum atomic E-state index is 11.9. The molecule has 2 aromatic rings. The molecule has 0 aliphatic rings. The van der Waals surface area contributed by atoms with Crippen molar-refractivity contribution >= 4 is 23.2 Å². The highest BCUT2D eigenvalue weighted by molar-refractivity contribution is 6.32. The zero-order valence-corrected chi connectivity index (χ0v) is 11.0. The van der Waals surface area contributed by atoms with E-state index in [2.05, 4.69) is 20.5 Å². The van der Waals surface area contributed by atoms with E-state index in [1.54, 1.807) is 6.07 Å². The Morgan fingerprint density at radius 1 is 1.53 bits per heavy atom. The molecule has 19 heavy (non-hydrogen) atoms. The van der Waals surface area contributed by atoms with Crippen LogP contribution in [0.15, 0.2) is 18.2 Å². The Morgan fingerprint density at radius 3 is 3.00 bits per heavy atom. The number of hydrogen-bond donors (Lipinski definition) is 3. The van der Waals surface area contributed by atoms with Crippen LogP contribution < -0.4 is 5.32 Å². The number of benzene rings is 1. The molecule has 0 atom stereocenters. The number of halogens is 1. The number of hydrogen-bond acceptors (Lipinski definition) is 4. The molecule has 0 aliphatic carbocycles. The van der Waals surface area contributed by atoms with Crippen LogP contribution in [0.4, 0.5) is 5.69 Å². The molecule has 0 fully saturated rings. The molecule has 1 amide bonds. The third kappa shape index (κ3) is 3.23. The summed E-state index contributed by atoms with van der Waals surface area (Å²) in [5.41, 5.74) is 0.467. The van der Waals surface area contributed by atoms with Crippen molar-refractivity contribution < 1.29 is 9.90 Å². The van der Waals surface area contributed by atoms with E-state index in [9.17, 15) is 9.90 Å². The summed E-state index contributed by atoms with van der Waals surface area (Å²) in [6, 6.07) is 4.39. The third-order valence-corrected chi connectivity index (χ3v) is 2.73. The molecule has 0 saturated heterocycles. The highest BCUT2D eigenvalue weighted by Crippen LogP contribution is 2.26. The Morgan fingerprint density at radius 2 is 2.32 bits per heavy atom. The second kappa shape index (κ2) is 5.71. The van der Waals surface area contributed by atoms with Gasteiger partial charge in [0.15, 0.2) is 0 Å². The van der Waals surface area contributed by atoms with Crippen molar-refractivity contribution in [3.05, 3.63) is 34.9 Å². The minimum atomic E-state index is -0.430. The molecule has 0 aliphatic heterocycles. The van der Waals surface area contributed by atoms with Gasteiger partial charge in [-0.1, -0.05) is 18.5 Å². The van der Waals surface area contributed by atoms with Crippen LogP contribution in [0, 0.1) is 0 Å². The number of nitrogens with one attached hydrogen (secondary N) is 2. The molecule has 6 nitrogen and oxygen atoms in total. The Bertz CT molecular complexity index is 597. The van der Waals surface area contributed by atoms with Gasteiger partial charge in [-0.25, -0.2) is 4.98 Å². The average molecular weight is 281 g/mol. The lowest BCUT2D eigenvalue weighted by Gasteiger charge is -2.03. The summed E-state index contributed by atoms with van der Waals surface area (Å²) < 4.78 is 0. The zero-order valence-electron chi connectivity index (χ0n) is 10.3. The maximum absolute atomic E-state index is 11.9. The highest BCUT2D eigenvalue weighted by Gasteiger charge is 2.13. The molecule has 2 rings (SSSR count). The van der Waals surface area contributed by atoms with E-state index in [0.29, 0.717) is 11.5 Å². The van der Waals surface area contributed by atoms with E-state index in [-0.39, 0.29) is 16.6 Å². The summed E-state index contributed by atoms with van der Waals surface area (Å²) in [5, 5.41) is 18.6. The Hall–Kier alpha value is -2.08. The number of amides is 1. The minimum Gasteiger partial charge on any atom is -0.506 e. The first-order valence-corrected chi connectivity index (χ1v) is 6.19. The molecule has 100 valence electrons. The first kappa shape index (κ1) is 13.4. The number of carbonyl (C=O) groups is 1. The number of phenolic OH excluding ortho intramolecular Hbond substituents is 1. The van der Waals surface area contributed by atoms with Crippen molar-refractivity contribution in [1.82, 2.24) is 15.2 Å². The number of nitrogens with zero attached hydrogens (tertiary/aromatic N) is 2. The average Bonchev–Trinajstić information content (AvgIpc) is 2.83. The van der Waals surface area contributed by atoms with Crippen molar-refractivity contribution in [3.63, 3.8) is 0 Å². The fraction of sp³-hybridized carbons (Fsp3) is 0.250. The van der Waals surface area contributed by atoms with Gasteiger partial charge in [-0.05, 0) is 24.6 Å². The van der Waals surface area contributed by atoms with Crippen LogP contribution in [0.1, 0.15) is 29.8 Å². The minimum absolute atomic E-state index is 0.0391. The molecule has 0 spiro atoms. The van der Waals surface area contributed by atoms with Gasteiger partial charge in [-0.3, -0.25) is 9.89 Å². The van der Waals surface area contributed by atoms with Crippen molar-refractivity contribution in [3.8, 4) is 5.75 Å². The number of aromatic hydroxyl groups is 1. The van der Waals surface area contributed by atoms with Crippen molar-refractivity contribution in [2.24, 2.45) is 0 Å². The third-order valence-electron chi connectivity index (χ3n) is 2.43. The van der Waals surface area contributed by atoms with Crippen LogP contribution in [0.2, 0.25) is 5.02 Å².